The van der Waals surface area contributed by atoms with E-state index in [4.69, 9.17) is 4.74 Å². The second-order valence-corrected chi connectivity index (χ2v) is 8.61. The molecule has 1 amide bonds. The highest BCUT2D eigenvalue weighted by atomic mass is 127. The molecule has 174 valence electrons. The van der Waals surface area contributed by atoms with Gasteiger partial charge in [-0.2, -0.15) is 5.10 Å². The minimum Gasteiger partial charge on any atom is -0.444 e. The van der Waals surface area contributed by atoms with E-state index in [0.29, 0.717) is 12.5 Å². The molecule has 9 heteroatoms. The predicted octanol–water partition coefficient (Wildman–Crippen LogP) is 3.44. The quantitative estimate of drug-likeness (QED) is 0.269. The smallest absolute Gasteiger partial charge is 0.407 e. The lowest BCUT2D eigenvalue weighted by Crippen LogP contribution is -2.49. The lowest BCUT2D eigenvalue weighted by atomic mass is 10.1. The number of carbonyl (C=O) groups excluding carboxylic acids is 1. The Bertz CT molecular complexity index is 696. The fourth-order valence-electron chi connectivity index (χ4n) is 3.17. The van der Waals surface area contributed by atoms with E-state index in [9.17, 15) is 4.79 Å². The second kappa shape index (κ2) is 13.0. The van der Waals surface area contributed by atoms with Crippen LogP contribution in [0.1, 0.15) is 64.4 Å². The molecule has 0 bridgehead atoms. The summed E-state index contributed by atoms with van der Waals surface area (Å²) in [5.74, 6) is 0.712. The normalized spacial score (nSPS) is 13.8. The maximum Gasteiger partial charge on any atom is 0.407 e. The van der Waals surface area contributed by atoms with Gasteiger partial charge in [-0.25, -0.2) is 4.79 Å². The molecular formula is C21H41IN6O2. The third kappa shape index (κ3) is 9.99. The van der Waals surface area contributed by atoms with Crippen molar-refractivity contribution in [1.82, 2.24) is 25.7 Å². The number of amides is 1. The van der Waals surface area contributed by atoms with E-state index in [1.54, 1.807) is 7.05 Å². The van der Waals surface area contributed by atoms with Crippen LogP contribution in [0.15, 0.2) is 4.99 Å². The number of rotatable bonds is 8. The van der Waals surface area contributed by atoms with Crippen LogP contribution in [0.5, 0.6) is 0 Å². The molecular weight excluding hydrogens is 495 g/mol. The van der Waals surface area contributed by atoms with Crippen molar-refractivity contribution < 1.29 is 9.53 Å². The molecule has 1 aromatic heterocycles. The molecule has 0 fully saturated rings. The van der Waals surface area contributed by atoms with Crippen molar-refractivity contribution in [3.63, 3.8) is 0 Å². The molecule has 0 saturated carbocycles. The van der Waals surface area contributed by atoms with Gasteiger partial charge >= 0.3 is 6.09 Å². The Morgan fingerprint density at radius 2 is 1.90 bits per heavy atom. The van der Waals surface area contributed by atoms with Crippen LogP contribution in [-0.2, 0) is 18.2 Å². The Kier molecular flexibility index (Phi) is 12.4. The summed E-state index contributed by atoms with van der Waals surface area (Å²) in [6, 6.07) is 0.151. The molecule has 0 aliphatic rings. The number of nitrogens with one attached hydrogen (secondary N) is 3. The first-order valence-electron chi connectivity index (χ1n) is 10.4. The molecule has 30 heavy (non-hydrogen) atoms. The van der Waals surface area contributed by atoms with Gasteiger partial charge in [-0.05, 0) is 59.9 Å². The Morgan fingerprint density at radius 1 is 1.27 bits per heavy atom. The van der Waals surface area contributed by atoms with Crippen molar-refractivity contribution in [2.24, 2.45) is 12.0 Å². The van der Waals surface area contributed by atoms with E-state index in [0.717, 1.165) is 25.0 Å². The van der Waals surface area contributed by atoms with E-state index in [1.807, 2.05) is 39.4 Å². The summed E-state index contributed by atoms with van der Waals surface area (Å²) < 4.78 is 7.29. The number of aliphatic imine (C=N–C) groups is 1. The molecule has 0 aliphatic heterocycles. The SMILES string of the molecule is CCCC(CNC(=NC)NC(C)Cc1c(C)nn(C)c1C)NC(=O)OC(C)(C)C.I. The number of hydrogen-bond donors (Lipinski definition) is 3. The van der Waals surface area contributed by atoms with Gasteiger partial charge in [0.2, 0.25) is 0 Å². The monoisotopic (exact) mass is 536 g/mol. The van der Waals surface area contributed by atoms with E-state index in [1.165, 1.54) is 11.3 Å². The van der Waals surface area contributed by atoms with Crippen LogP contribution in [0, 0.1) is 13.8 Å². The van der Waals surface area contributed by atoms with E-state index in [-0.39, 0.29) is 36.1 Å². The third-order valence-corrected chi connectivity index (χ3v) is 4.65. The van der Waals surface area contributed by atoms with E-state index < -0.39 is 11.7 Å². The minimum absolute atomic E-state index is 0. The van der Waals surface area contributed by atoms with E-state index in [2.05, 4.69) is 46.8 Å². The van der Waals surface area contributed by atoms with Gasteiger partial charge in [0.1, 0.15) is 5.60 Å². The van der Waals surface area contributed by atoms with Crippen molar-refractivity contribution in [2.45, 2.75) is 85.4 Å². The molecule has 2 unspecified atom stereocenters. The van der Waals surface area contributed by atoms with Crippen LogP contribution in [-0.4, -0.2) is 53.1 Å². The summed E-state index contributed by atoms with van der Waals surface area (Å²) in [5.41, 5.74) is 3.00. The minimum atomic E-state index is -0.510. The average Bonchev–Trinajstić information content (AvgIpc) is 2.83. The van der Waals surface area contributed by atoms with E-state index >= 15 is 0 Å². The van der Waals surface area contributed by atoms with Gasteiger partial charge in [0.25, 0.3) is 0 Å². The van der Waals surface area contributed by atoms with Gasteiger partial charge in [0, 0.05) is 38.4 Å². The van der Waals surface area contributed by atoms with Crippen molar-refractivity contribution in [3.8, 4) is 0 Å². The number of ether oxygens (including phenoxy) is 1. The molecule has 1 heterocycles. The summed E-state index contributed by atoms with van der Waals surface area (Å²) in [7, 11) is 3.72. The van der Waals surface area contributed by atoms with Crippen molar-refractivity contribution in [3.05, 3.63) is 17.0 Å². The number of alkyl carbamates (subject to hydrolysis) is 1. The molecule has 3 N–H and O–H groups in total. The number of aryl methyl sites for hydroxylation is 2. The zero-order valence-electron chi connectivity index (χ0n) is 20.0. The summed E-state index contributed by atoms with van der Waals surface area (Å²) >= 11 is 0. The Hall–Kier alpha value is -1.52. The molecule has 0 aromatic carbocycles. The van der Waals surface area contributed by atoms with Gasteiger partial charge in [-0.1, -0.05) is 13.3 Å². The first kappa shape index (κ1) is 28.5. The standard InChI is InChI=1S/C21H40N6O2.HI/c1-10-11-17(25-20(28)29-21(5,6)7)13-23-19(22-8)24-14(2)12-18-15(3)26-27(9)16(18)4;/h14,17H,10-13H2,1-9H3,(H,25,28)(H2,22,23,24);1H. The van der Waals surface area contributed by atoms with Gasteiger partial charge in [-0.3, -0.25) is 9.67 Å². The number of hydrogen-bond acceptors (Lipinski definition) is 4. The molecule has 2 atom stereocenters. The van der Waals surface area contributed by atoms with Crippen LogP contribution in [0.2, 0.25) is 0 Å². The van der Waals surface area contributed by atoms with Gasteiger partial charge < -0.3 is 20.7 Å². The molecule has 0 saturated heterocycles. The number of halogens is 1. The van der Waals surface area contributed by atoms with Crippen molar-refractivity contribution >= 4 is 36.0 Å². The zero-order valence-corrected chi connectivity index (χ0v) is 22.4. The maximum atomic E-state index is 12.1. The summed E-state index contributed by atoms with van der Waals surface area (Å²) in [6.45, 7) is 14.5. The summed E-state index contributed by atoms with van der Waals surface area (Å²) in [6.07, 6.45) is 2.29. The average molecular weight is 537 g/mol. The fraction of sp³-hybridized carbons (Fsp3) is 0.762. The number of carbonyl (C=O) groups is 1. The topological polar surface area (TPSA) is 92.6 Å². The predicted molar refractivity (Wildman–Crippen MR) is 134 cm³/mol. The molecule has 0 spiro atoms. The van der Waals surface area contributed by atoms with Gasteiger partial charge in [-0.15, -0.1) is 24.0 Å². The highest BCUT2D eigenvalue weighted by molar-refractivity contribution is 14.0. The van der Waals surface area contributed by atoms with Crippen LogP contribution in [0.4, 0.5) is 4.79 Å². The van der Waals surface area contributed by atoms with Crippen LogP contribution >= 0.6 is 24.0 Å². The first-order chi connectivity index (χ1) is 13.5. The van der Waals surface area contributed by atoms with Crippen molar-refractivity contribution in [2.75, 3.05) is 13.6 Å². The summed E-state index contributed by atoms with van der Waals surface area (Å²) in [5, 5.41) is 14.2. The highest BCUT2D eigenvalue weighted by Crippen LogP contribution is 2.14. The molecule has 1 aromatic rings. The fourth-order valence-corrected chi connectivity index (χ4v) is 3.17. The maximum absolute atomic E-state index is 12.1. The second-order valence-electron chi connectivity index (χ2n) is 8.61. The largest absolute Gasteiger partial charge is 0.444 e. The first-order valence-corrected chi connectivity index (χ1v) is 10.4. The molecule has 0 aliphatic carbocycles. The number of nitrogens with zero attached hydrogens (tertiary/aromatic N) is 3. The van der Waals surface area contributed by atoms with Crippen molar-refractivity contribution in [1.29, 1.82) is 0 Å². The van der Waals surface area contributed by atoms with Gasteiger partial charge in [0.05, 0.1) is 5.69 Å². The lowest BCUT2D eigenvalue weighted by molar-refractivity contribution is 0.0502. The molecule has 0 radical (unpaired) electrons. The Labute approximate surface area is 199 Å². The lowest BCUT2D eigenvalue weighted by Gasteiger charge is -2.25. The zero-order chi connectivity index (χ0) is 22.2. The van der Waals surface area contributed by atoms with Crippen LogP contribution < -0.4 is 16.0 Å². The summed E-state index contributed by atoms with van der Waals surface area (Å²) in [4.78, 5) is 16.4. The van der Waals surface area contributed by atoms with Crippen LogP contribution in [0.3, 0.4) is 0 Å². The Balaban J connectivity index is 0.00000841. The Morgan fingerprint density at radius 3 is 2.37 bits per heavy atom. The van der Waals surface area contributed by atoms with Gasteiger partial charge in [0.15, 0.2) is 5.96 Å². The third-order valence-electron chi connectivity index (χ3n) is 4.65. The number of guanidine groups is 1. The molecule has 8 nitrogen and oxygen atoms in total. The molecule has 1 rings (SSSR count). The number of aromatic nitrogens is 2. The highest BCUT2D eigenvalue weighted by Gasteiger charge is 2.20. The van der Waals surface area contributed by atoms with Crippen LogP contribution in [0.25, 0.3) is 0 Å².